The number of carbonyl (C=O) groups is 1. The number of hydrogen-bond donors (Lipinski definition) is 3. The number of amides is 1. The van der Waals surface area contributed by atoms with Crippen LogP contribution in [0.3, 0.4) is 0 Å². The van der Waals surface area contributed by atoms with Gasteiger partial charge in [0.2, 0.25) is 0 Å². The van der Waals surface area contributed by atoms with Crippen LogP contribution in [0, 0.1) is 5.82 Å². The summed E-state index contributed by atoms with van der Waals surface area (Å²) in [5, 5.41) is 2.95. The van der Waals surface area contributed by atoms with Crippen LogP contribution in [0.2, 0.25) is 0 Å². The van der Waals surface area contributed by atoms with Crippen molar-refractivity contribution in [2.45, 2.75) is 13.5 Å². The first-order chi connectivity index (χ1) is 14.4. The van der Waals surface area contributed by atoms with Crippen molar-refractivity contribution in [2.24, 2.45) is 0 Å². The molecule has 0 aliphatic rings. The molecule has 0 radical (unpaired) electrons. The number of nitrogens with zero attached hydrogens (tertiary/aromatic N) is 1. The van der Waals surface area contributed by atoms with Gasteiger partial charge in [0.25, 0.3) is 11.5 Å². The summed E-state index contributed by atoms with van der Waals surface area (Å²) < 4.78 is 24.2. The number of aromatic amines is 1. The molecule has 9 heteroatoms. The van der Waals surface area contributed by atoms with E-state index in [4.69, 9.17) is 9.47 Å². The van der Waals surface area contributed by atoms with E-state index in [0.29, 0.717) is 41.3 Å². The van der Waals surface area contributed by atoms with E-state index in [9.17, 15) is 14.0 Å². The summed E-state index contributed by atoms with van der Waals surface area (Å²) in [6.07, 6.45) is 0. The number of carbonyl (C=O) groups excluding carboxylic acids is 1. The fourth-order valence-electron chi connectivity index (χ4n) is 3.13. The Balaban J connectivity index is 1.78. The SMILES string of the molecule is CC[NH+](CC(=O)Nc1ccccc1F)Cc1nc2cc(OC)c(OC)cc2c(=O)[nH]1. The van der Waals surface area contributed by atoms with E-state index >= 15 is 0 Å². The molecule has 3 N–H and O–H groups in total. The zero-order valence-electron chi connectivity index (χ0n) is 17.0. The molecule has 3 rings (SSSR count). The van der Waals surface area contributed by atoms with Crippen molar-refractivity contribution < 1.29 is 23.6 Å². The predicted molar refractivity (Wildman–Crippen MR) is 111 cm³/mol. The fourth-order valence-corrected chi connectivity index (χ4v) is 3.13. The standard InChI is InChI=1S/C21H23FN4O4/c1-4-26(12-20(27)24-15-8-6-5-7-14(15)22)11-19-23-16-10-18(30-3)17(29-2)9-13(16)21(28)25-19/h5-10H,4,11-12H2,1-3H3,(H,24,27)(H,23,25,28)/p+1. The van der Waals surface area contributed by atoms with Gasteiger partial charge >= 0.3 is 0 Å². The van der Waals surface area contributed by atoms with Gasteiger partial charge in [-0.15, -0.1) is 0 Å². The summed E-state index contributed by atoms with van der Waals surface area (Å²) in [7, 11) is 3.00. The maximum atomic E-state index is 13.7. The lowest BCUT2D eigenvalue weighted by atomic mass is 10.2. The van der Waals surface area contributed by atoms with Gasteiger partial charge in [0.1, 0.15) is 12.4 Å². The lowest BCUT2D eigenvalue weighted by molar-refractivity contribution is -0.904. The summed E-state index contributed by atoms with van der Waals surface area (Å²) in [4.78, 5) is 33.0. The number of fused-ring (bicyclic) bond motifs is 1. The first kappa shape index (κ1) is 21.3. The average molecular weight is 415 g/mol. The molecule has 1 amide bonds. The Bertz CT molecular complexity index is 1120. The highest BCUT2D eigenvalue weighted by molar-refractivity contribution is 5.91. The molecule has 0 aliphatic heterocycles. The average Bonchev–Trinajstić information content (AvgIpc) is 2.74. The van der Waals surface area contributed by atoms with E-state index in [-0.39, 0.29) is 23.7 Å². The molecular weight excluding hydrogens is 391 g/mol. The molecule has 1 atom stereocenters. The molecule has 3 aromatic rings. The number of nitrogens with one attached hydrogen (secondary N) is 3. The molecule has 1 heterocycles. The van der Waals surface area contributed by atoms with E-state index < -0.39 is 5.82 Å². The summed E-state index contributed by atoms with van der Waals surface area (Å²) in [6.45, 7) is 2.94. The van der Waals surface area contributed by atoms with Gasteiger partial charge in [-0.05, 0) is 25.1 Å². The highest BCUT2D eigenvalue weighted by atomic mass is 19.1. The van der Waals surface area contributed by atoms with Crippen molar-refractivity contribution in [1.29, 1.82) is 0 Å². The number of halogens is 1. The summed E-state index contributed by atoms with van der Waals surface area (Å²) >= 11 is 0. The zero-order valence-corrected chi connectivity index (χ0v) is 17.0. The number of quaternary nitrogens is 1. The van der Waals surface area contributed by atoms with Crippen molar-refractivity contribution in [3.8, 4) is 11.5 Å². The molecule has 0 fully saturated rings. The third-order valence-electron chi connectivity index (χ3n) is 4.74. The van der Waals surface area contributed by atoms with E-state index in [2.05, 4.69) is 15.3 Å². The quantitative estimate of drug-likeness (QED) is 0.512. The van der Waals surface area contributed by atoms with Crippen LogP contribution in [0.4, 0.5) is 10.1 Å². The van der Waals surface area contributed by atoms with Gasteiger partial charge in [0.05, 0.1) is 37.4 Å². The van der Waals surface area contributed by atoms with E-state index in [1.54, 1.807) is 24.3 Å². The third-order valence-corrected chi connectivity index (χ3v) is 4.74. The second kappa shape index (κ2) is 9.36. The van der Waals surface area contributed by atoms with E-state index in [1.807, 2.05) is 6.92 Å². The highest BCUT2D eigenvalue weighted by Gasteiger charge is 2.17. The topological polar surface area (TPSA) is 97.8 Å². The molecule has 0 saturated heterocycles. The number of aromatic nitrogens is 2. The molecule has 1 unspecified atom stereocenters. The van der Waals surface area contributed by atoms with Crippen LogP contribution in [-0.4, -0.2) is 43.2 Å². The van der Waals surface area contributed by atoms with Crippen molar-refractivity contribution >= 4 is 22.5 Å². The van der Waals surface area contributed by atoms with Gasteiger partial charge in [0, 0.05) is 6.07 Å². The molecule has 0 aliphatic carbocycles. The number of benzene rings is 2. The number of anilines is 1. The first-order valence-corrected chi connectivity index (χ1v) is 9.48. The molecule has 1 aromatic heterocycles. The van der Waals surface area contributed by atoms with Crippen LogP contribution in [0.5, 0.6) is 11.5 Å². The van der Waals surface area contributed by atoms with Gasteiger partial charge in [-0.25, -0.2) is 9.37 Å². The Labute approximate surface area is 172 Å². The highest BCUT2D eigenvalue weighted by Crippen LogP contribution is 2.29. The Kier molecular flexibility index (Phi) is 6.63. The number of para-hydroxylation sites is 1. The first-order valence-electron chi connectivity index (χ1n) is 9.48. The summed E-state index contributed by atoms with van der Waals surface area (Å²) in [6, 6.07) is 9.21. The lowest BCUT2D eigenvalue weighted by Crippen LogP contribution is -3.11. The molecular formula is C21H24FN4O4+. The Morgan fingerprint density at radius 1 is 1.20 bits per heavy atom. The number of hydrogen-bond acceptors (Lipinski definition) is 5. The van der Waals surface area contributed by atoms with Gasteiger partial charge in [-0.1, -0.05) is 12.1 Å². The van der Waals surface area contributed by atoms with Crippen LogP contribution in [0.15, 0.2) is 41.2 Å². The van der Waals surface area contributed by atoms with Crippen LogP contribution >= 0.6 is 0 Å². The molecule has 0 spiro atoms. The van der Waals surface area contributed by atoms with Gasteiger partial charge in [0.15, 0.2) is 23.9 Å². The van der Waals surface area contributed by atoms with Crippen molar-refractivity contribution in [3.05, 3.63) is 58.4 Å². The minimum Gasteiger partial charge on any atom is -0.493 e. The summed E-state index contributed by atoms with van der Waals surface area (Å²) in [5.74, 6) is 0.532. The van der Waals surface area contributed by atoms with Crippen LogP contribution in [0.25, 0.3) is 10.9 Å². The van der Waals surface area contributed by atoms with Crippen LogP contribution < -0.4 is 25.2 Å². The molecule has 0 bridgehead atoms. The summed E-state index contributed by atoms with van der Waals surface area (Å²) in [5.41, 5.74) is 0.302. The van der Waals surface area contributed by atoms with Crippen molar-refractivity contribution in [1.82, 2.24) is 9.97 Å². The predicted octanol–water partition coefficient (Wildman–Crippen LogP) is 1.12. The van der Waals surface area contributed by atoms with E-state index in [0.717, 1.165) is 4.90 Å². The smallest absolute Gasteiger partial charge is 0.279 e. The molecule has 0 saturated carbocycles. The maximum Gasteiger partial charge on any atom is 0.279 e. The minimum absolute atomic E-state index is 0.0957. The zero-order chi connectivity index (χ0) is 21.7. The monoisotopic (exact) mass is 415 g/mol. The second-order valence-electron chi connectivity index (χ2n) is 6.72. The van der Waals surface area contributed by atoms with E-state index in [1.165, 1.54) is 26.4 Å². The maximum absolute atomic E-state index is 13.7. The van der Waals surface area contributed by atoms with Gasteiger partial charge < -0.3 is 24.7 Å². The number of H-pyrrole nitrogens is 1. The van der Waals surface area contributed by atoms with Gasteiger partial charge in [-0.2, -0.15) is 0 Å². The Morgan fingerprint density at radius 2 is 1.90 bits per heavy atom. The largest absolute Gasteiger partial charge is 0.493 e. The molecule has 158 valence electrons. The van der Waals surface area contributed by atoms with Crippen LogP contribution in [0.1, 0.15) is 12.7 Å². The molecule has 2 aromatic carbocycles. The Hall–Kier alpha value is -3.46. The normalized spacial score (nSPS) is 11.9. The number of likely N-dealkylation sites (N-methyl/N-ethyl adjacent to an activating group) is 1. The second-order valence-corrected chi connectivity index (χ2v) is 6.72. The number of methoxy groups -OCH3 is 2. The lowest BCUT2D eigenvalue weighted by Gasteiger charge is -2.17. The van der Waals surface area contributed by atoms with Crippen molar-refractivity contribution in [3.63, 3.8) is 0 Å². The number of ether oxygens (including phenoxy) is 2. The molecule has 30 heavy (non-hydrogen) atoms. The Morgan fingerprint density at radius 3 is 2.57 bits per heavy atom. The van der Waals surface area contributed by atoms with Gasteiger partial charge in [-0.3, -0.25) is 9.59 Å². The molecule has 8 nitrogen and oxygen atoms in total. The minimum atomic E-state index is -0.492. The van der Waals surface area contributed by atoms with Crippen molar-refractivity contribution in [2.75, 3.05) is 32.6 Å². The number of rotatable bonds is 8. The van der Waals surface area contributed by atoms with Crippen LogP contribution in [-0.2, 0) is 11.3 Å². The fraction of sp³-hybridized carbons (Fsp3) is 0.286. The third kappa shape index (κ3) is 4.74.